The molecule has 2 heterocycles. The number of carbonyl (C=O) groups is 2. The third kappa shape index (κ3) is 6.75. The van der Waals surface area contributed by atoms with Crippen molar-refractivity contribution in [1.29, 1.82) is 0 Å². The Morgan fingerprint density at radius 3 is 2.18 bits per heavy atom. The molecule has 1 aromatic heterocycles. The molecule has 6 aromatic rings. The maximum absolute atomic E-state index is 15.5. The first kappa shape index (κ1) is 37.8. The van der Waals surface area contributed by atoms with Crippen LogP contribution in [0, 0.1) is 11.6 Å². The Morgan fingerprint density at radius 1 is 0.839 bits per heavy atom. The maximum Gasteiger partial charge on any atom is 0.417 e. The number of carbonyl (C=O) groups excluding carboxylic acids is 1. The summed E-state index contributed by atoms with van der Waals surface area (Å²) in [7, 11) is 1.35. The summed E-state index contributed by atoms with van der Waals surface area (Å²) < 4.78 is 122. The molecule has 0 aliphatic carbocycles. The molecule has 0 spiro atoms. The minimum atomic E-state index is -4.95. The van der Waals surface area contributed by atoms with Gasteiger partial charge in [-0.15, -0.1) is 0 Å². The lowest BCUT2D eigenvalue weighted by molar-refractivity contribution is -0.139. The smallest absolute Gasteiger partial charge is 0.417 e. The summed E-state index contributed by atoms with van der Waals surface area (Å²) in [6, 6.07) is 16.4. The average Bonchev–Trinajstić information content (AvgIpc) is 3.14. The van der Waals surface area contributed by atoms with Gasteiger partial charge in [-0.05, 0) is 58.3 Å². The molecule has 8 nitrogen and oxygen atoms in total. The summed E-state index contributed by atoms with van der Waals surface area (Å²) in [5, 5.41) is 12.4. The van der Waals surface area contributed by atoms with E-state index in [1.54, 1.807) is 0 Å². The topological polar surface area (TPSA) is 101 Å². The number of nitrogens with zero attached hydrogens (tertiary/aromatic N) is 2. The van der Waals surface area contributed by atoms with E-state index in [9.17, 15) is 45.8 Å². The van der Waals surface area contributed by atoms with Crippen molar-refractivity contribution in [2.75, 3.05) is 18.1 Å². The number of ether oxygens (including phenoxy) is 1. The van der Waals surface area contributed by atoms with Crippen LogP contribution >= 0.6 is 0 Å². The second-order valence-corrected chi connectivity index (χ2v) is 13.0. The molecule has 2 N–H and O–H groups in total. The van der Waals surface area contributed by atoms with Gasteiger partial charge in [-0.2, -0.15) is 26.3 Å². The SMILES string of the molecule is Cn1c(=O)c(-c2cccc3c(C[C@H](NC(=O)c4c(F)cc(N5CCOc6ccc(C(F)(F)F)cc65)cc4F)C(=O)O)cccc23)c(C(F)(F)F)c2ccccc21. The Morgan fingerprint density at radius 2 is 1.50 bits per heavy atom. The van der Waals surface area contributed by atoms with Crippen LogP contribution in [-0.2, 0) is 30.6 Å². The maximum atomic E-state index is 15.5. The molecule has 5 aromatic carbocycles. The predicted molar refractivity (Wildman–Crippen MR) is 190 cm³/mol. The second-order valence-electron chi connectivity index (χ2n) is 13.0. The minimum Gasteiger partial charge on any atom is -0.490 e. The van der Waals surface area contributed by atoms with Crippen molar-refractivity contribution in [2.24, 2.45) is 7.05 Å². The molecule has 0 saturated heterocycles. The molecule has 0 unspecified atom stereocenters. The van der Waals surface area contributed by atoms with Gasteiger partial charge in [0.05, 0.1) is 34.4 Å². The molecule has 1 aliphatic rings. The highest BCUT2D eigenvalue weighted by atomic mass is 19.4. The Bertz CT molecular complexity index is 2610. The molecule has 56 heavy (non-hydrogen) atoms. The summed E-state index contributed by atoms with van der Waals surface area (Å²) in [6.45, 7) is -0.137. The van der Waals surface area contributed by atoms with E-state index in [1.807, 2.05) is 0 Å². The van der Waals surface area contributed by atoms with Crippen LogP contribution in [0.1, 0.15) is 27.0 Å². The number of fused-ring (bicyclic) bond motifs is 3. The second kappa shape index (κ2) is 14.0. The molecule has 1 atom stereocenters. The van der Waals surface area contributed by atoms with Gasteiger partial charge in [-0.3, -0.25) is 9.59 Å². The minimum absolute atomic E-state index is 0.0252. The summed E-state index contributed by atoms with van der Waals surface area (Å²) in [5.74, 6) is -5.92. The largest absolute Gasteiger partial charge is 0.490 e. The lowest BCUT2D eigenvalue weighted by Crippen LogP contribution is -2.43. The first-order chi connectivity index (χ1) is 26.5. The number of rotatable bonds is 7. The first-order valence-corrected chi connectivity index (χ1v) is 16.8. The van der Waals surface area contributed by atoms with E-state index in [4.69, 9.17) is 4.74 Å². The number of aryl methyl sites for hydroxylation is 1. The monoisotopic (exact) mass is 781 g/mol. The fourth-order valence-electron chi connectivity index (χ4n) is 7.06. The van der Waals surface area contributed by atoms with Crippen LogP contribution < -0.4 is 20.5 Å². The number of carboxylic acid groups (broad SMARTS) is 1. The van der Waals surface area contributed by atoms with Gasteiger partial charge in [0.15, 0.2) is 0 Å². The molecule has 1 aliphatic heterocycles. The molecule has 1 amide bonds. The normalized spacial score (nSPS) is 13.7. The third-order valence-electron chi connectivity index (χ3n) is 9.61. The molecule has 7 rings (SSSR count). The lowest BCUT2D eigenvalue weighted by Gasteiger charge is -2.32. The quantitative estimate of drug-likeness (QED) is 0.158. The number of hydrogen-bond acceptors (Lipinski definition) is 5. The van der Waals surface area contributed by atoms with E-state index in [0.717, 1.165) is 34.9 Å². The zero-order valence-electron chi connectivity index (χ0n) is 28.9. The Labute approximate surface area is 311 Å². The Kier molecular flexibility index (Phi) is 9.46. The number of carboxylic acids is 1. The van der Waals surface area contributed by atoms with E-state index < -0.39 is 76.1 Å². The van der Waals surface area contributed by atoms with Crippen molar-refractivity contribution in [3.8, 4) is 16.9 Å². The molecule has 288 valence electrons. The van der Waals surface area contributed by atoms with Gasteiger partial charge in [-0.25, -0.2) is 13.6 Å². The zero-order valence-corrected chi connectivity index (χ0v) is 28.9. The molecule has 0 saturated carbocycles. The highest BCUT2D eigenvalue weighted by Crippen LogP contribution is 2.43. The van der Waals surface area contributed by atoms with Crippen LogP contribution in [0.2, 0.25) is 0 Å². The standard InChI is InChI=1S/C40H27F8N3O5/c1-50-30-11-3-2-7-26(30)35(40(46,47)48)33(37(50)53)25-10-5-8-23-20(6-4-9-24(23)25)16-29(38(54)55)49-36(52)34-27(41)18-22(19-28(34)42)51-14-15-56-32-13-12-21(17-31(32)51)39(43,44)45/h2-13,17-19,29H,14-16H2,1H3,(H,49,52)(H,54,55)/t29-/m0/s1. The molecular formula is C40H27F8N3O5. The van der Waals surface area contributed by atoms with Crippen molar-refractivity contribution < 1.29 is 54.6 Å². The van der Waals surface area contributed by atoms with Crippen LogP contribution in [0.25, 0.3) is 32.8 Å². The van der Waals surface area contributed by atoms with E-state index in [-0.39, 0.29) is 63.1 Å². The number of hydrogen-bond donors (Lipinski definition) is 2. The van der Waals surface area contributed by atoms with Crippen LogP contribution in [0.5, 0.6) is 5.75 Å². The number of nitrogens with one attached hydrogen (secondary N) is 1. The van der Waals surface area contributed by atoms with Gasteiger partial charge < -0.3 is 24.6 Å². The van der Waals surface area contributed by atoms with Gasteiger partial charge in [0.1, 0.15) is 35.6 Å². The average molecular weight is 782 g/mol. The summed E-state index contributed by atoms with van der Waals surface area (Å²) >= 11 is 0. The molecule has 0 fully saturated rings. The summed E-state index contributed by atoms with van der Waals surface area (Å²) in [5.41, 5.74) is -5.07. The van der Waals surface area contributed by atoms with Crippen molar-refractivity contribution in [3.63, 3.8) is 0 Å². The van der Waals surface area contributed by atoms with Gasteiger partial charge in [-0.1, -0.05) is 54.6 Å². The number of anilines is 2. The fraction of sp³-hybridized carbons (Fsp3) is 0.175. The number of aliphatic carboxylic acids is 1. The highest BCUT2D eigenvalue weighted by molar-refractivity contribution is 6.02. The van der Waals surface area contributed by atoms with Crippen molar-refractivity contribution in [3.05, 3.63) is 135 Å². The lowest BCUT2D eigenvalue weighted by atomic mass is 9.90. The number of amides is 1. The van der Waals surface area contributed by atoms with E-state index >= 15 is 8.78 Å². The number of benzene rings is 5. The number of aromatic nitrogens is 1. The molecule has 16 heteroatoms. The first-order valence-electron chi connectivity index (χ1n) is 16.8. The fourth-order valence-corrected chi connectivity index (χ4v) is 7.06. The van der Waals surface area contributed by atoms with E-state index in [0.29, 0.717) is 0 Å². The number of para-hydroxylation sites is 1. The van der Waals surface area contributed by atoms with E-state index in [1.165, 1.54) is 72.6 Å². The van der Waals surface area contributed by atoms with Crippen LogP contribution in [0.3, 0.4) is 0 Å². The summed E-state index contributed by atoms with van der Waals surface area (Å²) in [4.78, 5) is 40.5. The van der Waals surface area contributed by atoms with Gasteiger partial charge >= 0.3 is 18.3 Å². The number of pyridine rings is 1. The molecule has 0 radical (unpaired) electrons. The predicted octanol–water partition coefficient (Wildman–Crippen LogP) is 8.63. The molecule has 0 bridgehead atoms. The van der Waals surface area contributed by atoms with Crippen LogP contribution in [-0.4, -0.2) is 40.7 Å². The zero-order chi connectivity index (χ0) is 40.3. The van der Waals surface area contributed by atoms with Gasteiger partial charge in [0.2, 0.25) is 0 Å². The van der Waals surface area contributed by atoms with Gasteiger partial charge in [0.25, 0.3) is 11.5 Å². The number of halogens is 8. The van der Waals surface area contributed by atoms with Crippen molar-refractivity contribution >= 4 is 44.9 Å². The van der Waals surface area contributed by atoms with E-state index in [2.05, 4.69) is 5.32 Å². The Hall–Kier alpha value is -6.45. The number of alkyl halides is 6. The van der Waals surface area contributed by atoms with Gasteiger partial charge in [0, 0.05) is 24.5 Å². The van der Waals surface area contributed by atoms with Crippen LogP contribution in [0.15, 0.2) is 95.8 Å². The third-order valence-corrected chi connectivity index (χ3v) is 9.61. The molecular weight excluding hydrogens is 754 g/mol. The Balaban J connectivity index is 1.22. The highest BCUT2D eigenvalue weighted by Gasteiger charge is 2.39. The summed E-state index contributed by atoms with van der Waals surface area (Å²) in [6.07, 6.45) is -10.2. The van der Waals surface area contributed by atoms with Crippen molar-refractivity contribution in [1.82, 2.24) is 9.88 Å². The van der Waals surface area contributed by atoms with Crippen LogP contribution in [0.4, 0.5) is 46.5 Å². The van der Waals surface area contributed by atoms with Crippen molar-refractivity contribution in [2.45, 2.75) is 24.8 Å².